The van der Waals surface area contributed by atoms with Gasteiger partial charge in [-0.2, -0.15) is 5.10 Å². The second-order valence-electron chi connectivity index (χ2n) is 8.74. The topological polar surface area (TPSA) is 48.8 Å². The highest BCUT2D eigenvalue weighted by molar-refractivity contribution is 5.84. The SMILES string of the molecule is Cc1c(O[C@H]2CCC[C@@H](N3CCOCC3)C2)ccc2c1cnn2C1CCCCO1. The first-order valence-corrected chi connectivity index (χ1v) is 11.4. The number of morpholine rings is 1. The molecule has 0 N–H and O–H groups in total. The van der Waals surface area contributed by atoms with E-state index in [9.17, 15) is 0 Å². The molecular formula is C23H33N3O3. The van der Waals surface area contributed by atoms with E-state index in [1.165, 1.54) is 30.2 Å². The predicted molar refractivity (Wildman–Crippen MR) is 112 cm³/mol. The summed E-state index contributed by atoms with van der Waals surface area (Å²) in [4.78, 5) is 2.60. The molecule has 5 rings (SSSR count). The fraction of sp³-hybridized carbons (Fsp3) is 0.696. The third kappa shape index (κ3) is 4.03. The number of ether oxygens (including phenoxy) is 3. The molecule has 3 fully saturated rings. The van der Waals surface area contributed by atoms with Crippen LogP contribution in [-0.2, 0) is 9.47 Å². The highest BCUT2D eigenvalue weighted by Crippen LogP contribution is 2.34. The number of rotatable bonds is 4. The molecule has 3 atom stereocenters. The van der Waals surface area contributed by atoms with Crippen LogP contribution in [0.3, 0.4) is 0 Å². The van der Waals surface area contributed by atoms with Crippen LogP contribution in [-0.4, -0.2) is 59.7 Å². The average Bonchev–Trinajstić information content (AvgIpc) is 3.22. The zero-order valence-corrected chi connectivity index (χ0v) is 17.5. The number of aryl methyl sites for hydroxylation is 1. The third-order valence-corrected chi connectivity index (χ3v) is 6.88. The van der Waals surface area contributed by atoms with Crippen LogP contribution in [0.15, 0.2) is 18.3 Å². The molecule has 1 aromatic carbocycles. The van der Waals surface area contributed by atoms with Gasteiger partial charge in [-0.1, -0.05) is 0 Å². The second kappa shape index (κ2) is 8.62. The van der Waals surface area contributed by atoms with E-state index < -0.39 is 0 Å². The van der Waals surface area contributed by atoms with E-state index in [4.69, 9.17) is 14.2 Å². The molecule has 1 saturated carbocycles. The van der Waals surface area contributed by atoms with Crippen molar-refractivity contribution in [2.24, 2.45) is 0 Å². The lowest BCUT2D eigenvalue weighted by Gasteiger charge is -2.39. The van der Waals surface area contributed by atoms with E-state index in [0.29, 0.717) is 12.1 Å². The molecule has 29 heavy (non-hydrogen) atoms. The summed E-state index contributed by atoms with van der Waals surface area (Å²) >= 11 is 0. The number of hydrogen-bond donors (Lipinski definition) is 0. The fourth-order valence-electron chi connectivity index (χ4n) is 5.19. The van der Waals surface area contributed by atoms with E-state index in [1.54, 1.807) is 0 Å². The summed E-state index contributed by atoms with van der Waals surface area (Å²) in [5.41, 5.74) is 2.34. The molecule has 1 unspecified atom stereocenters. The van der Waals surface area contributed by atoms with Gasteiger partial charge in [0.2, 0.25) is 0 Å². The first kappa shape index (κ1) is 19.3. The highest BCUT2D eigenvalue weighted by atomic mass is 16.5. The molecule has 6 heteroatoms. The van der Waals surface area contributed by atoms with Crippen LogP contribution in [0, 0.1) is 6.92 Å². The van der Waals surface area contributed by atoms with Crippen molar-refractivity contribution in [3.63, 3.8) is 0 Å². The maximum absolute atomic E-state index is 6.54. The Morgan fingerprint density at radius 2 is 1.93 bits per heavy atom. The number of fused-ring (bicyclic) bond motifs is 1. The van der Waals surface area contributed by atoms with Crippen molar-refractivity contribution >= 4 is 10.9 Å². The summed E-state index contributed by atoms with van der Waals surface area (Å²) in [6.45, 7) is 6.85. The van der Waals surface area contributed by atoms with Crippen LogP contribution < -0.4 is 4.74 Å². The van der Waals surface area contributed by atoms with Gasteiger partial charge in [0.15, 0.2) is 6.23 Å². The number of aromatic nitrogens is 2. The van der Waals surface area contributed by atoms with Crippen LogP contribution in [0.5, 0.6) is 5.75 Å². The zero-order chi connectivity index (χ0) is 19.6. The second-order valence-corrected chi connectivity index (χ2v) is 8.74. The molecule has 0 radical (unpaired) electrons. The Labute approximate surface area is 173 Å². The Kier molecular flexibility index (Phi) is 5.75. The van der Waals surface area contributed by atoms with Gasteiger partial charge < -0.3 is 14.2 Å². The molecule has 2 aromatic rings. The minimum Gasteiger partial charge on any atom is -0.490 e. The van der Waals surface area contributed by atoms with Crippen molar-refractivity contribution in [1.82, 2.24) is 14.7 Å². The first-order chi connectivity index (χ1) is 14.3. The fourth-order valence-corrected chi connectivity index (χ4v) is 5.19. The van der Waals surface area contributed by atoms with Crippen molar-refractivity contribution in [2.75, 3.05) is 32.9 Å². The van der Waals surface area contributed by atoms with Gasteiger partial charge in [-0.25, -0.2) is 4.68 Å². The molecule has 0 spiro atoms. The van der Waals surface area contributed by atoms with Gasteiger partial charge in [0.25, 0.3) is 0 Å². The maximum Gasteiger partial charge on any atom is 0.150 e. The van der Waals surface area contributed by atoms with Crippen molar-refractivity contribution in [2.45, 2.75) is 70.2 Å². The van der Waals surface area contributed by atoms with Crippen molar-refractivity contribution in [1.29, 1.82) is 0 Å². The molecule has 2 saturated heterocycles. The summed E-state index contributed by atoms with van der Waals surface area (Å²) in [5.74, 6) is 1.01. The Bertz CT molecular complexity index is 824. The molecule has 1 aromatic heterocycles. The molecule has 0 amide bonds. The van der Waals surface area contributed by atoms with Gasteiger partial charge in [0.1, 0.15) is 11.9 Å². The Morgan fingerprint density at radius 1 is 1.03 bits per heavy atom. The summed E-state index contributed by atoms with van der Waals surface area (Å²) < 4.78 is 20.1. The van der Waals surface area contributed by atoms with Crippen LogP contribution in [0.25, 0.3) is 10.9 Å². The van der Waals surface area contributed by atoms with Gasteiger partial charge in [-0.15, -0.1) is 0 Å². The van der Waals surface area contributed by atoms with Crippen LogP contribution in [0.2, 0.25) is 0 Å². The summed E-state index contributed by atoms with van der Waals surface area (Å²) in [7, 11) is 0. The Morgan fingerprint density at radius 3 is 2.76 bits per heavy atom. The van der Waals surface area contributed by atoms with Gasteiger partial charge in [0, 0.05) is 36.7 Å². The van der Waals surface area contributed by atoms with Gasteiger partial charge in [-0.3, -0.25) is 4.90 Å². The van der Waals surface area contributed by atoms with Crippen molar-refractivity contribution < 1.29 is 14.2 Å². The molecule has 6 nitrogen and oxygen atoms in total. The predicted octanol–water partition coefficient (Wildman–Crippen LogP) is 4.07. The average molecular weight is 400 g/mol. The van der Waals surface area contributed by atoms with Crippen LogP contribution in [0.4, 0.5) is 0 Å². The summed E-state index contributed by atoms with van der Waals surface area (Å²) in [6.07, 6.45) is 10.5. The summed E-state index contributed by atoms with van der Waals surface area (Å²) in [6, 6.07) is 4.93. The maximum atomic E-state index is 6.54. The Balaban J connectivity index is 1.30. The van der Waals surface area contributed by atoms with E-state index >= 15 is 0 Å². The van der Waals surface area contributed by atoms with Crippen molar-refractivity contribution in [3.05, 3.63) is 23.9 Å². The first-order valence-electron chi connectivity index (χ1n) is 11.4. The largest absolute Gasteiger partial charge is 0.490 e. The normalized spacial score (nSPS) is 29.2. The number of nitrogens with zero attached hydrogens (tertiary/aromatic N) is 3. The van der Waals surface area contributed by atoms with E-state index in [0.717, 1.165) is 69.9 Å². The molecule has 3 aliphatic rings. The molecule has 3 heterocycles. The van der Waals surface area contributed by atoms with Gasteiger partial charge in [0.05, 0.1) is 24.9 Å². The minimum atomic E-state index is 0.0695. The number of benzene rings is 1. The van der Waals surface area contributed by atoms with Crippen molar-refractivity contribution in [3.8, 4) is 5.75 Å². The molecule has 1 aliphatic carbocycles. The molecule has 0 bridgehead atoms. The summed E-state index contributed by atoms with van der Waals surface area (Å²) in [5, 5.41) is 5.84. The smallest absolute Gasteiger partial charge is 0.150 e. The monoisotopic (exact) mass is 399 g/mol. The van der Waals surface area contributed by atoms with Crippen LogP contribution >= 0.6 is 0 Å². The molecular weight excluding hydrogens is 366 g/mol. The van der Waals surface area contributed by atoms with Gasteiger partial charge >= 0.3 is 0 Å². The lowest BCUT2D eigenvalue weighted by molar-refractivity contribution is -0.0366. The standard InChI is InChI=1S/C23H33N3O3/c1-17-20-16-24-26(23-7-2-3-12-28-23)21(20)8-9-22(17)29-19-6-4-5-18(15-19)25-10-13-27-14-11-25/h8-9,16,18-19,23H,2-7,10-15H2,1H3/t18-,19+,23?/m1/s1. The lowest BCUT2D eigenvalue weighted by atomic mass is 9.91. The molecule has 2 aliphatic heterocycles. The minimum absolute atomic E-state index is 0.0695. The quantitative estimate of drug-likeness (QED) is 0.776. The highest BCUT2D eigenvalue weighted by Gasteiger charge is 2.29. The van der Waals surface area contributed by atoms with Gasteiger partial charge in [-0.05, 0) is 64.0 Å². The van der Waals surface area contributed by atoms with E-state index in [2.05, 4.69) is 33.7 Å². The third-order valence-electron chi connectivity index (χ3n) is 6.88. The Hall–Kier alpha value is -1.63. The zero-order valence-electron chi connectivity index (χ0n) is 17.5. The van der Waals surface area contributed by atoms with E-state index in [1.807, 2.05) is 6.20 Å². The molecule has 158 valence electrons. The van der Waals surface area contributed by atoms with Crippen LogP contribution in [0.1, 0.15) is 56.7 Å². The lowest BCUT2D eigenvalue weighted by Crippen LogP contribution is -2.47. The van der Waals surface area contributed by atoms with E-state index in [-0.39, 0.29) is 6.23 Å². The number of hydrogen-bond acceptors (Lipinski definition) is 5.